The van der Waals surface area contributed by atoms with E-state index >= 15 is 0 Å². The molecule has 1 aromatic rings. The van der Waals surface area contributed by atoms with Crippen molar-refractivity contribution in [2.75, 3.05) is 55.8 Å². The van der Waals surface area contributed by atoms with Gasteiger partial charge in [-0.15, -0.1) is 0 Å². The molecule has 0 spiro atoms. The largest absolute Gasteiger partial charge is 0.396 e. The molecule has 1 fully saturated rings. The molecule has 0 amide bonds. The van der Waals surface area contributed by atoms with Crippen molar-refractivity contribution in [1.82, 2.24) is 9.29 Å². The predicted molar refractivity (Wildman–Crippen MR) is 82.7 cm³/mol. The van der Waals surface area contributed by atoms with Crippen molar-refractivity contribution in [3.05, 3.63) is 18.3 Å². The number of piperazine rings is 1. The Labute approximate surface area is 125 Å². The lowest BCUT2D eigenvalue weighted by Crippen LogP contribution is -2.50. The number of nitrogens with two attached hydrogens (primary N) is 1. The van der Waals surface area contributed by atoms with Gasteiger partial charge in [-0.2, -0.15) is 4.31 Å². The minimum Gasteiger partial charge on any atom is -0.396 e. The second kappa shape index (κ2) is 7.06. The van der Waals surface area contributed by atoms with Crippen molar-refractivity contribution >= 4 is 21.5 Å². The first-order valence-corrected chi connectivity index (χ1v) is 8.66. The zero-order valence-electron chi connectivity index (χ0n) is 12.2. The molecule has 0 unspecified atom stereocenters. The topological polar surface area (TPSA) is 88.8 Å². The van der Waals surface area contributed by atoms with Crippen LogP contribution in [0.15, 0.2) is 18.3 Å². The van der Waals surface area contributed by atoms with Crippen LogP contribution in [0.2, 0.25) is 0 Å². The van der Waals surface area contributed by atoms with E-state index in [2.05, 4.69) is 4.98 Å². The van der Waals surface area contributed by atoms with Gasteiger partial charge in [0.1, 0.15) is 0 Å². The Morgan fingerprint density at radius 2 is 2.05 bits per heavy atom. The van der Waals surface area contributed by atoms with E-state index in [0.717, 1.165) is 5.82 Å². The number of rotatable bonds is 6. The van der Waals surface area contributed by atoms with Crippen molar-refractivity contribution in [2.24, 2.45) is 0 Å². The van der Waals surface area contributed by atoms with Gasteiger partial charge in [0.25, 0.3) is 0 Å². The molecule has 0 bridgehead atoms. The van der Waals surface area contributed by atoms with Crippen LogP contribution in [0.25, 0.3) is 0 Å². The van der Waals surface area contributed by atoms with Crippen LogP contribution < -0.4 is 10.6 Å². The number of hydrogen-bond acceptors (Lipinski definition) is 6. The molecule has 2 heterocycles. The Hall–Kier alpha value is -1.38. The fraction of sp³-hybridized carbons (Fsp3) is 0.615. The molecule has 2 N–H and O–H groups in total. The normalized spacial score (nSPS) is 17.1. The van der Waals surface area contributed by atoms with Crippen molar-refractivity contribution in [3.63, 3.8) is 0 Å². The number of anilines is 2. The molecular formula is C13H22N4O3S. The van der Waals surface area contributed by atoms with Gasteiger partial charge < -0.3 is 15.4 Å². The van der Waals surface area contributed by atoms with Crippen LogP contribution in [-0.2, 0) is 14.8 Å². The first-order chi connectivity index (χ1) is 10.0. The molecule has 21 heavy (non-hydrogen) atoms. The van der Waals surface area contributed by atoms with Gasteiger partial charge in [-0.25, -0.2) is 13.4 Å². The van der Waals surface area contributed by atoms with Crippen LogP contribution in [0.3, 0.4) is 0 Å². The van der Waals surface area contributed by atoms with Crippen molar-refractivity contribution in [2.45, 2.75) is 6.92 Å². The van der Waals surface area contributed by atoms with Crippen LogP contribution in [0, 0.1) is 0 Å². The number of ether oxygens (including phenoxy) is 1. The lowest BCUT2D eigenvalue weighted by molar-refractivity contribution is 0.162. The quantitative estimate of drug-likeness (QED) is 0.752. The van der Waals surface area contributed by atoms with Gasteiger partial charge in [0, 0.05) is 39.0 Å². The SMILES string of the molecule is CCOCCS(=O)(=O)N1CCN(c2ncccc2N)CC1. The fourth-order valence-electron chi connectivity index (χ4n) is 2.29. The maximum Gasteiger partial charge on any atom is 0.216 e. The molecule has 1 aromatic heterocycles. The summed E-state index contributed by atoms with van der Waals surface area (Å²) >= 11 is 0. The molecule has 1 saturated heterocycles. The minimum atomic E-state index is -3.24. The second-order valence-electron chi connectivity index (χ2n) is 4.82. The van der Waals surface area contributed by atoms with Crippen LogP contribution in [0.4, 0.5) is 11.5 Å². The summed E-state index contributed by atoms with van der Waals surface area (Å²) in [5, 5.41) is 0. The molecule has 8 heteroatoms. The molecule has 0 saturated carbocycles. The van der Waals surface area contributed by atoms with Gasteiger partial charge in [0.15, 0.2) is 5.82 Å². The number of nitrogen functional groups attached to an aromatic ring is 1. The monoisotopic (exact) mass is 314 g/mol. The Bertz CT molecular complexity index is 556. The summed E-state index contributed by atoms with van der Waals surface area (Å²) < 4.78 is 31.0. The zero-order chi connectivity index (χ0) is 15.3. The van der Waals surface area contributed by atoms with Crippen molar-refractivity contribution in [3.8, 4) is 0 Å². The van der Waals surface area contributed by atoms with E-state index in [0.29, 0.717) is 38.5 Å². The maximum atomic E-state index is 12.2. The molecular weight excluding hydrogens is 292 g/mol. The van der Waals surface area contributed by atoms with E-state index in [1.54, 1.807) is 18.3 Å². The van der Waals surface area contributed by atoms with Crippen molar-refractivity contribution < 1.29 is 13.2 Å². The highest BCUT2D eigenvalue weighted by Gasteiger charge is 2.27. The highest BCUT2D eigenvalue weighted by molar-refractivity contribution is 7.89. The van der Waals surface area contributed by atoms with Crippen molar-refractivity contribution in [1.29, 1.82) is 0 Å². The lowest BCUT2D eigenvalue weighted by atomic mass is 10.3. The average molecular weight is 314 g/mol. The molecule has 1 aliphatic heterocycles. The van der Waals surface area contributed by atoms with E-state index in [1.165, 1.54) is 4.31 Å². The molecule has 1 aliphatic rings. The van der Waals surface area contributed by atoms with Crippen LogP contribution in [-0.4, -0.2) is 62.9 Å². The van der Waals surface area contributed by atoms with E-state index in [4.69, 9.17) is 10.5 Å². The minimum absolute atomic E-state index is 0.0343. The highest BCUT2D eigenvalue weighted by atomic mass is 32.2. The smallest absolute Gasteiger partial charge is 0.216 e. The molecule has 7 nitrogen and oxygen atoms in total. The number of sulfonamides is 1. The summed E-state index contributed by atoms with van der Waals surface area (Å²) in [5.41, 5.74) is 6.52. The van der Waals surface area contributed by atoms with Gasteiger partial charge in [-0.1, -0.05) is 0 Å². The number of pyridine rings is 1. The zero-order valence-corrected chi connectivity index (χ0v) is 13.1. The van der Waals surface area contributed by atoms with Crippen LogP contribution in [0.1, 0.15) is 6.92 Å². The second-order valence-corrected chi connectivity index (χ2v) is 6.90. The first kappa shape index (κ1) is 16.0. The Morgan fingerprint density at radius 3 is 2.67 bits per heavy atom. The summed E-state index contributed by atoms with van der Waals surface area (Å²) in [6.07, 6.45) is 1.69. The number of nitrogens with zero attached hydrogens (tertiary/aromatic N) is 3. The van der Waals surface area contributed by atoms with Gasteiger partial charge >= 0.3 is 0 Å². The third-order valence-corrected chi connectivity index (χ3v) is 5.27. The van der Waals surface area contributed by atoms with Gasteiger partial charge in [-0.3, -0.25) is 0 Å². The van der Waals surface area contributed by atoms with Crippen LogP contribution in [0.5, 0.6) is 0 Å². The van der Waals surface area contributed by atoms with E-state index < -0.39 is 10.0 Å². The predicted octanol–water partition coefficient (Wildman–Crippen LogP) is 0.152. The molecule has 118 valence electrons. The molecule has 0 aromatic carbocycles. The van der Waals surface area contributed by atoms with Gasteiger partial charge in [-0.05, 0) is 19.1 Å². The van der Waals surface area contributed by atoms with E-state index in [1.807, 2.05) is 11.8 Å². The summed E-state index contributed by atoms with van der Waals surface area (Å²) in [6, 6.07) is 3.58. The lowest BCUT2D eigenvalue weighted by Gasteiger charge is -2.35. The van der Waals surface area contributed by atoms with Crippen LogP contribution >= 0.6 is 0 Å². The molecule has 2 rings (SSSR count). The summed E-state index contributed by atoms with van der Waals surface area (Å²) in [7, 11) is -3.24. The average Bonchev–Trinajstić information content (AvgIpc) is 2.48. The Kier molecular flexibility index (Phi) is 5.38. The molecule has 0 aliphatic carbocycles. The number of aromatic nitrogens is 1. The van der Waals surface area contributed by atoms with E-state index in [-0.39, 0.29) is 12.4 Å². The first-order valence-electron chi connectivity index (χ1n) is 7.05. The highest BCUT2D eigenvalue weighted by Crippen LogP contribution is 2.21. The van der Waals surface area contributed by atoms with Gasteiger partial charge in [0.2, 0.25) is 10.0 Å². The number of hydrogen-bond donors (Lipinski definition) is 1. The summed E-state index contributed by atoms with van der Waals surface area (Å²) in [5.74, 6) is 0.760. The Morgan fingerprint density at radius 1 is 1.33 bits per heavy atom. The molecule has 0 radical (unpaired) electrons. The van der Waals surface area contributed by atoms with Gasteiger partial charge in [0.05, 0.1) is 18.0 Å². The third kappa shape index (κ3) is 4.05. The standard InChI is InChI=1S/C13H22N4O3S/c1-2-20-10-11-21(18,19)17-8-6-16(7-9-17)13-12(14)4-3-5-15-13/h3-5H,2,6-11,14H2,1H3. The Balaban J connectivity index is 1.93. The van der Waals surface area contributed by atoms with E-state index in [9.17, 15) is 8.42 Å². The maximum absolute atomic E-state index is 12.2. The fourth-order valence-corrected chi connectivity index (χ4v) is 3.60. The summed E-state index contributed by atoms with van der Waals surface area (Å²) in [4.78, 5) is 6.28. The third-order valence-electron chi connectivity index (χ3n) is 3.44. The molecule has 0 atom stereocenters. The summed E-state index contributed by atoms with van der Waals surface area (Å²) in [6.45, 7) is 4.70.